The average molecular weight is 224 g/mol. The van der Waals surface area contributed by atoms with Gasteiger partial charge in [0.15, 0.2) is 0 Å². The van der Waals surface area contributed by atoms with Gasteiger partial charge < -0.3 is 5.11 Å². The lowest BCUT2D eigenvalue weighted by Gasteiger charge is -2.21. The van der Waals surface area contributed by atoms with Crippen molar-refractivity contribution in [3.8, 4) is 0 Å². The van der Waals surface area contributed by atoms with E-state index in [4.69, 9.17) is 5.11 Å². The summed E-state index contributed by atoms with van der Waals surface area (Å²) in [7, 11) is 0. The van der Waals surface area contributed by atoms with Crippen molar-refractivity contribution in [2.45, 2.75) is 38.8 Å². The van der Waals surface area contributed by atoms with Crippen molar-refractivity contribution >= 4 is 5.97 Å². The van der Waals surface area contributed by atoms with Crippen LogP contribution in [0.4, 0.5) is 4.39 Å². The van der Waals surface area contributed by atoms with Crippen molar-refractivity contribution < 1.29 is 14.3 Å². The van der Waals surface area contributed by atoms with E-state index in [-0.39, 0.29) is 0 Å². The van der Waals surface area contributed by atoms with Crippen LogP contribution < -0.4 is 0 Å². The van der Waals surface area contributed by atoms with Crippen LogP contribution >= 0.6 is 0 Å². The van der Waals surface area contributed by atoms with Crippen molar-refractivity contribution in [1.29, 1.82) is 0 Å². The predicted octanol–water partition coefficient (Wildman–Crippen LogP) is 3.25. The molecule has 16 heavy (non-hydrogen) atoms. The lowest BCUT2D eigenvalue weighted by atomic mass is 9.83. The van der Waals surface area contributed by atoms with E-state index >= 15 is 0 Å². The molecule has 0 aromatic heterocycles. The van der Waals surface area contributed by atoms with Crippen LogP contribution in [0.15, 0.2) is 24.3 Å². The Labute approximate surface area is 95.1 Å². The molecule has 0 bridgehead atoms. The smallest absolute Gasteiger partial charge is 0.313 e. The van der Waals surface area contributed by atoms with Crippen LogP contribution in [-0.2, 0) is 15.9 Å². The third-order valence-corrected chi connectivity index (χ3v) is 2.83. The molecule has 0 spiro atoms. The number of aliphatic carboxylic acids is 1. The highest BCUT2D eigenvalue weighted by Gasteiger charge is 2.29. The third kappa shape index (κ3) is 2.40. The average Bonchev–Trinajstić information content (AvgIpc) is 2.16. The molecule has 1 aromatic rings. The number of carboxylic acid groups (broad SMARTS) is 1. The van der Waals surface area contributed by atoms with Gasteiger partial charge in [-0.25, -0.2) is 4.39 Å². The van der Waals surface area contributed by atoms with E-state index in [9.17, 15) is 9.18 Å². The predicted molar refractivity (Wildman–Crippen MR) is 61.2 cm³/mol. The van der Waals surface area contributed by atoms with E-state index in [1.807, 2.05) is 0 Å². The summed E-state index contributed by atoms with van der Waals surface area (Å²) in [6.45, 7) is 6.21. The van der Waals surface area contributed by atoms with Gasteiger partial charge in [-0.3, -0.25) is 4.79 Å². The molecule has 0 unspecified atom stereocenters. The van der Waals surface area contributed by atoms with E-state index in [1.54, 1.807) is 38.1 Å². The zero-order valence-corrected chi connectivity index (χ0v) is 10.0. The van der Waals surface area contributed by atoms with Crippen molar-refractivity contribution in [2.24, 2.45) is 0 Å². The Morgan fingerprint density at radius 2 is 1.44 bits per heavy atom. The largest absolute Gasteiger partial charge is 0.481 e. The third-order valence-electron chi connectivity index (χ3n) is 2.83. The van der Waals surface area contributed by atoms with Crippen LogP contribution in [0.5, 0.6) is 0 Å². The number of carboxylic acids is 1. The number of hydrogen-bond donors (Lipinski definition) is 1. The van der Waals surface area contributed by atoms with E-state index in [0.717, 1.165) is 0 Å². The first-order chi connectivity index (χ1) is 7.15. The Morgan fingerprint density at radius 3 is 1.75 bits per heavy atom. The highest BCUT2D eigenvalue weighted by atomic mass is 19.1. The fourth-order valence-corrected chi connectivity index (χ4v) is 1.41. The molecule has 0 saturated heterocycles. The standard InChI is InChI=1S/C13H17FO2/c1-12(2,11(15)16)9-5-7-10(8-6-9)13(3,4)14/h5-8H,1-4H3,(H,15,16). The van der Waals surface area contributed by atoms with Gasteiger partial charge in [0.25, 0.3) is 0 Å². The molecule has 0 amide bonds. The molecule has 0 radical (unpaired) electrons. The van der Waals surface area contributed by atoms with Crippen molar-refractivity contribution in [2.75, 3.05) is 0 Å². The first-order valence-corrected chi connectivity index (χ1v) is 5.19. The summed E-state index contributed by atoms with van der Waals surface area (Å²) < 4.78 is 13.6. The monoisotopic (exact) mass is 224 g/mol. The Morgan fingerprint density at radius 1 is 1.06 bits per heavy atom. The van der Waals surface area contributed by atoms with Gasteiger partial charge in [0.2, 0.25) is 0 Å². The quantitative estimate of drug-likeness (QED) is 0.855. The van der Waals surface area contributed by atoms with Crippen LogP contribution in [-0.4, -0.2) is 11.1 Å². The molecule has 0 fully saturated rings. The number of carbonyl (C=O) groups is 1. The minimum absolute atomic E-state index is 0.553. The van der Waals surface area contributed by atoms with Crippen LogP contribution in [0.3, 0.4) is 0 Å². The fourth-order valence-electron chi connectivity index (χ4n) is 1.41. The molecule has 3 heteroatoms. The van der Waals surface area contributed by atoms with E-state index < -0.39 is 17.1 Å². The van der Waals surface area contributed by atoms with Gasteiger partial charge in [-0.15, -0.1) is 0 Å². The summed E-state index contributed by atoms with van der Waals surface area (Å²) in [5.41, 5.74) is -1.12. The second-order valence-electron chi connectivity index (χ2n) is 4.98. The molecule has 88 valence electrons. The van der Waals surface area contributed by atoms with Crippen LogP contribution in [0.25, 0.3) is 0 Å². The summed E-state index contributed by atoms with van der Waals surface area (Å²) in [6, 6.07) is 6.62. The van der Waals surface area contributed by atoms with Crippen LogP contribution in [0, 0.1) is 0 Å². The Kier molecular flexibility index (Phi) is 3.08. The summed E-state index contributed by atoms with van der Waals surface area (Å²) in [5, 5.41) is 9.05. The lowest BCUT2D eigenvalue weighted by Crippen LogP contribution is -2.28. The molecule has 0 atom stereocenters. The second kappa shape index (κ2) is 3.89. The molecule has 0 heterocycles. The highest BCUT2D eigenvalue weighted by molar-refractivity contribution is 5.80. The number of hydrogen-bond acceptors (Lipinski definition) is 1. The number of halogens is 1. The molecule has 1 N–H and O–H groups in total. The molecule has 0 aliphatic rings. The van der Waals surface area contributed by atoms with E-state index in [2.05, 4.69) is 0 Å². The maximum Gasteiger partial charge on any atom is 0.313 e. The molecule has 0 aliphatic carbocycles. The van der Waals surface area contributed by atoms with Gasteiger partial charge >= 0.3 is 5.97 Å². The van der Waals surface area contributed by atoms with E-state index in [1.165, 1.54) is 13.8 Å². The molecule has 1 aromatic carbocycles. The minimum atomic E-state index is -1.40. The molecule has 0 saturated carbocycles. The fraction of sp³-hybridized carbons (Fsp3) is 0.462. The Hall–Kier alpha value is -1.38. The van der Waals surface area contributed by atoms with E-state index in [0.29, 0.717) is 11.1 Å². The SMILES string of the molecule is CC(C)(F)c1ccc(C(C)(C)C(=O)O)cc1. The van der Waals surface area contributed by atoms with Gasteiger partial charge in [-0.05, 0) is 38.8 Å². The van der Waals surface area contributed by atoms with Gasteiger partial charge in [0.1, 0.15) is 5.67 Å². The lowest BCUT2D eigenvalue weighted by molar-refractivity contribution is -0.142. The summed E-state index contributed by atoms with van der Waals surface area (Å²) in [5.74, 6) is -0.889. The number of rotatable bonds is 3. The molecule has 0 aliphatic heterocycles. The second-order valence-corrected chi connectivity index (χ2v) is 4.98. The molecule has 2 nitrogen and oxygen atoms in total. The highest BCUT2D eigenvalue weighted by Crippen LogP contribution is 2.28. The van der Waals surface area contributed by atoms with Crippen molar-refractivity contribution in [1.82, 2.24) is 0 Å². The van der Waals surface area contributed by atoms with Gasteiger partial charge in [-0.2, -0.15) is 0 Å². The first kappa shape index (κ1) is 12.7. The zero-order valence-electron chi connectivity index (χ0n) is 10.0. The normalized spacial score (nSPS) is 12.6. The maximum absolute atomic E-state index is 13.6. The Bertz CT molecular complexity index is 385. The molecular formula is C13H17FO2. The number of benzene rings is 1. The van der Waals surface area contributed by atoms with Crippen LogP contribution in [0.1, 0.15) is 38.8 Å². The minimum Gasteiger partial charge on any atom is -0.481 e. The van der Waals surface area contributed by atoms with Crippen molar-refractivity contribution in [3.63, 3.8) is 0 Å². The molecule has 1 rings (SSSR count). The summed E-state index contributed by atoms with van der Waals surface area (Å²) in [4.78, 5) is 11.0. The Balaban J connectivity index is 3.09. The first-order valence-electron chi connectivity index (χ1n) is 5.19. The maximum atomic E-state index is 13.6. The van der Waals surface area contributed by atoms with Crippen molar-refractivity contribution in [3.05, 3.63) is 35.4 Å². The zero-order chi connectivity index (χ0) is 12.6. The number of alkyl halides is 1. The van der Waals surface area contributed by atoms with Gasteiger partial charge in [-0.1, -0.05) is 24.3 Å². The summed E-state index contributed by atoms with van der Waals surface area (Å²) >= 11 is 0. The van der Waals surface area contributed by atoms with Gasteiger partial charge in [0, 0.05) is 0 Å². The molecular weight excluding hydrogens is 207 g/mol. The van der Waals surface area contributed by atoms with Crippen LogP contribution in [0.2, 0.25) is 0 Å². The summed E-state index contributed by atoms with van der Waals surface area (Å²) in [6.07, 6.45) is 0. The topological polar surface area (TPSA) is 37.3 Å². The van der Waals surface area contributed by atoms with Gasteiger partial charge in [0.05, 0.1) is 5.41 Å².